The van der Waals surface area contributed by atoms with Gasteiger partial charge in [-0.3, -0.25) is 0 Å². The van der Waals surface area contributed by atoms with Gasteiger partial charge < -0.3 is 14.6 Å². The fourth-order valence-corrected chi connectivity index (χ4v) is 2.71. The van der Waals surface area contributed by atoms with Gasteiger partial charge in [0.2, 0.25) is 0 Å². The number of carbonyl (C=O) groups is 1. The predicted molar refractivity (Wildman–Crippen MR) is 76.2 cm³/mol. The number of hydrogen-bond donors (Lipinski definition) is 1. The second kappa shape index (κ2) is 5.51. The molecule has 1 N–H and O–H groups in total. The lowest BCUT2D eigenvalue weighted by Gasteiger charge is -2.38. The Labute approximate surface area is 122 Å². The Hall–Kier alpha value is -2.44. The highest BCUT2D eigenvalue weighted by Crippen LogP contribution is 2.29. The second-order valence-corrected chi connectivity index (χ2v) is 5.35. The number of carboxylic acids is 1. The summed E-state index contributed by atoms with van der Waals surface area (Å²) in [7, 11) is 0. The van der Waals surface area contributed by atoms with E-state index in [1.54, 1.807) is 6.20 Å². The first-order valence-corrected chi connectivity index (χ1v) is 6.93. The quantitative estimate of drug-likeness (QED) is 0.920. The topological polar surface area (TPSA) is 84.1 Å². The summed E-state index contributed by atoms with van der Waals surface area (Å²) in [5, 5.41) is 8.86. The van der Waals surface area contributed by atoms with Crippen LogP contribution in [0.1, 0.15) is 29.9 Å². The molecule has 0 bridgehead atoms. The van der Waals surface area contributed by atoms with Gasteiger partial charge in [-0.25, -0.2) is 19.7 Å². The Morgan fingerprint density at radius 3 is 2.86 bits per heavy atom. The van der Waals surface area contributed by atoms with E-state index in [4.69, 9.17) is 5.11 Å². The Morgan fingerprint density at radius 1 is 1.38 bits per heavy atom. The molecule has 0 radical (unpaired) electrons. The molecule has 21 heavy (non-hydrogen) atoms. The van der Waals surface area contributed by atoms with Crippen LogP contribution in [0.2, 0.25) is 0 Å². The molecule has 2 unspecified atom stereocenters. The molecular weight excluding hydrogens is 270 g/mol. The summed E-state index contributed by atoms with van der Waals surface area (Å²) in [6.07, 6.45) is 9.48. The van der Waals surface area contributed by atoms with E-state index < -0.39 is 5.97 Å². The number of aromatic carboxylic acids is 1. The minimum Gasteiger partial charge on any atom is -0.476 e. The molecule has 0 spiro atoms. The molecule has 3 heterocycles. The zero-order valence-corrected chi connectivity index (χ0v) is 11.8. The molecule has 1 saturated heterocycles. The first-order valence-electron chi connectivity index (χ1n) is 6.93. The van der Waals surface area contributed by atoms with Crippen LogP contribution in [0.5, 0.6) is 0 Å². The van der Waals surface area contributed by atoms with E-state index in [1.165, 1.54) is 12.4 Å². The van der Waals surface area contributed by atoms with Crippen LogP contribution in [-0.2, 0) is 0 Å². The minimum atomic E-state index is -1.06. The summed E-state index contributed by atoms with van der Waals surface area (Å²) in [6.45, 7) is 3.95. The van der Waals surface area contributed by atoms with Crippen molar-refractivity contribution in [2.75, 3.05) is 18.0 Å². The summed E-state index contributed by atoms with van der Waals surface area (Å²) >= 11 is 0. The number of nitrogens with zero attached hydrogens (tertiary/aromatic N) is 5. The van der Waals surface area contributed by atoms with Gasteiger partial charge in [-0.2, -0.15) is 0 Å². The molecule has 1 aliphatic rings. The average Bonchev–Trinajstić information content (AvgIpc) is 3.02. The van der Waals surface area contributed by atoms with Crippen molar-refractivity contribution in [2.24, 2.45) is 5.92 Å². The lowest BCUT2D eigenvalue weighted by Crippen LogP contribution is -2.41. The molecule has 2 aromatic rings. The van der Waals surface area contributed by atoms with Crippen molar-refractivity contribution in [3.63, 3.8) is 0 Å². The number of hydrogen-bond acceptors (Lipinski definition) is 5. The number of rotatable bonds is 3. The number of imidazole rings is 1. The van der Waals surface area contributed by atoms with Crippen LogP contribution < -0.4 is 4.90 Å². The van der Waals surface area contributed by atoms with Gasteiger partial charge in [0, 0.05) is 25.5 Å². The Bertz CT molecular complexity index is 611. The Balaban J connectivity index is 1.78. The second-order valence-electron chi connectivity index (χ2n) is 5.35. The van der Waals surface area contributed by atoms with Crippen LogP contribution in [0.15, 0.2) is 31.1 Å². The maximum atomic E-state index is 10.8. The molecule has 2 aromatic heterocycles. The first-order chi connectivity index (χ1) is 10.1. The highest BCUT2D eigenvalue weighted by Gasteiger charge is 2.28. The molecule has 2 atom stereocenters. The standard InChI is InChI=1S/C14H17N5O2/c1-10-2-4-18(8-12(10)19-5-3-15-9-19)13-7-16-11(6-17-13)14(20)21/h3,5-7,9-10,12H,2,4,8H2,1H3,(H,20,21). The van der Waals surface area contributed by atoms with Crippen molar-refractivity contribution in [3.05, 3.63) is 36.8 Å². The van der Waals surface area contributed by atoms with E-state index in [0.717, 1.165) is 25.3 Å². The highest BCUT2D eigenvalue weighted by atomic mass is 16.4. The Morgan fingerprint density at radius 2 is 2.24 bits per heavy atom. The summed E-state index contributed by atoms with van der Waals surface area (Å²) in [5.41, 5.74) is -0.0321. The molecule has 0 aromatic carbocycles. The van der Waals surface area contributed by atoms with Crippen molar-refractivity contribution >= 4 is 11.8 Å². The van der Waals surface area contributed by atoms with Crippen LogP contribution >= 0.6 is 0 Å². The number of piperidine rings is 1. The van der Waals surface area contributed by atoms with Crippen molar-refractivity contribution in [1.29, 1.82) is 0 Å². The third kappa shape index (κ3) is 2.72. The SMILES string of the molecule is CC1CCN(c2cnc(C(=O)O)cn2)CC1n1ccnc1. The van der Waals surface area contributed by atoms with Crippen LogP contribution in [-0.4, -0.2) is 43.7 Å². The van der Waals surface area contributed by atoms with Gasteiger partial charge in [0.25, 0.3) is 0 Å². The van der Waals surface area contributed by atoms with Gasteiger partial charge >= 0.3 is 5.97 Å². The summed E-state index contributed by atoms with van der Waals surface area (Å²) in [5.74, 6) is 0.219. The fourth-order valence-electron chi connectivity index (χ4n) is 2.71. The summed E-state index contributed by atoms with van der Waals surface area (Å²) in [6, 6.07) is 0.335. The highest BCUT2D eigenvalue weighted by molar-refractivity contribution is 5.84. The minimum absolute atomic E-state index is 0.0321. The maximum absolute atomic E-state index is 10.8. The largest absolute Gasteiger partial charge is 0.476 e. The molecule has 3 rings (SSSR count). The maximum Gasteiger partial charge on any atom is 0.356 e. The molecule has 0 amide bonds. The van der Waals surface area contributed by atoms with E-state index in [0.29, 0.717) is 12.0 Å². The third-order valence-electron chi connectivity index (χ3n) is 4.01. The zero-order chi connectivity index (χ0) is 14.8. The third-order valence-corrected chi connectivity index (χ3v) is 4.01. The van der Waals surface area contributed by atoms with E-state index in [1.807, 2.05) is 12.5 Å². The number of anilines is 1. The van der Waals surface area contributed by atoms with Crippen molar-refractivity contribution in [3.8, 4) is 0 Å². The van der Waals surface area contributed by atoms with Crippen LogP contribution in [0.3, 0.4) is 0 Å². The molecule has 0 saturated carbocycles. The van der Waals surface area contributed by atoms with Gasteiger partial charge in [-0.05, 0) is 12.3 Å². The monoisotopic (exact) mass is 287 g/mol. The van der Waals surface area contributed by atoms with Crippen molar-refractivity contribution in [2.45, 2.75) is 19.4 Å². The first kappa shape index (κ1) is 13.5. The van der Waals surface area contributed by atoms with Crippen molar-refractivity contribution in [1.82, 2.24) is 19.5 Å². The number of carboxylic acid groups (broad SMARTS) is 1. The van der Waals surface area contributed by atoms with Gasteiger partial charge in [0.1, 0.15) is 5.82 Å². The number of aromatic nitrogens is 4. The van der Waals surface area contributed by atoms with Gasteiger partial charge in [0.05, 0.1) is 24.8 Å². The fraction of sp³-hybridized carbons (Fsp3) is 0.429. The molecule has 7 heteroatoms. The van der Waals surface area contributed by atoms with Gasteiger partial charge in [-0.1, -0.05) is 6.92 Å². The van der Waals surface area contributed by atoms with Crippen LogP contribution in [0, 0.1) is 5.92 Å². The molecule has 0 aliphatic carbocycles. The smallest absolute Gasteiger partial charge is 0.356 e. The van der Waals surface area contributed by atoms with Crippen LogP contribution in [0.25, 0.3) is 0 Å². The molecule has 110 valence electrons. The summed E-state index contributed by atoms with van der Waals surface area (Å²) in [4.78, 5) is 25.2. The summed E-state index contributed by atoms with van der Waals surface area (Å²) < 4.78 is 2.12. The van der Waals surface area contributed by atoms with E-state index in [9.17, 15) is 4.79 Å². The normalized spacial score (nSPS) is 22.2. The molecular formula is C14H17N5O2. The molecule has 7 nitrogen and oxygen atoms in total. The van der Waals surface area contributed by atoms with E-state index in [2.05, 4.69) is 31.3 Å². The average molecular weight is 287 g/mol. The van der Waals surface area contributed by atoms with Gasteiger partial charge in [-0.15, -0.1) is 0 Å². The van der Waals surface area contributed by atoms with Gasteiger partial charge in [0.15, 0.2) is 5.69 Å². The Kier molecular flexibility index (Phi) is 3.55. The van der Waals surface area contributed by atoms with Crippen LogP contribution in [0.4, 0.5) is 5.82 Å². The molecule has 1 aliphatic heterocycles. The van der Waals surface area contributed by atoms with Crippen molar-refractivity contribution < 1.29 is 9.90 Å². The predicted octanol–water partition coefficient (Wildman–Crippen LogP) is 1.46. The lowest BCUT2D eigenvalue weighted by molar-refractivity contribution is 0.0690. The lowest BCUT2D eigenvalue weighted by atomic mass is 9.93. The van der Waals surface area contributed by atoms with E-state index >= 15 is 0 Å². The zero-order valence-electron chi connectivity index (χ0n) is 11.8. The van der Waals surface area contributed by atoms with E-state index in [-0.39, 0.29) is 5.69 Å². The molecule has 1 fully saturated rings.